The lowest BCUT2D eigenvalue weighted by Gasteiger charge is -2.36. The van der Waals surface area contributed by atoms with E-state index in [2.05, 4.69) is 34.8 Å². The molecular weight excluding hydrogens is 314 g/mol. The molecule has 1 aromatic heterocycles. The highest BCUT2D eigenvalue weighted by Gasteiger charge is 2.36. The van der Waals surface area contributed by atoms with E-state index in [1.807, 2.05) is 19.2 Å². The van der Waals surface area contributed by atoms with Gasteiger partial charge in [0.15, 0.2) is 0 Å². The van der Waals surface area contributed by atoms with Gasteiger partial charge >= 0.3 is 0 Å². The van der Waals surface area contributed by atoms with Crippen LogP contribution < -0.4 is 15.4 Å². The van der Waals surface area contributed by atoms with Gasteiger partial charge in [-0.05, 0) is 29.5 Å². The summed E-state index contributed by atoms with van der Waals surface area (Å²) in [5.74, 6) is 1.34. The summed E-state index contributed by atoms with van der Waals surface area (Å²) in [7, 11) is 3.66. The van der Waals surface area contributed by atoms with Crippen LogP contribution in [0.25, 0.3) is 11.3 Å². The molecule has 130 valence electrons. The van der Waals surface area contributed by atoms with Crippen LogP contribution >= 0.6 is 0 Å². The Morgan fingerprint density at radius 2 is 2.12 bits per heavy atom. The quantitative estimate of drug-likeness (QED) is 0.923. The third kappa shape index (κ3) is 2.76. The average molecular weight is 337 g/mol. The van der Waals surface area contributed by atoms with Gasteiger partial charge in [-0.2, -0.15) is 5.26 Å². The number of nitrogens with two attached hydrogens (primary N) is 1. The first-order chi connectivity index (χ1) is 11.9. The van der Waals surface area contributed by atoms with Crippen molar-refractivity contribution in [3.05, 3.63) is 29.6 Å². The molecule has 1 aliphatic carbocycles. The Morgan fingerprint density at radius 1 is 1.36 bits per heavy atom. The van der Waals surface area contributed by atoms with Gasteiger partial charge in [0.25, 0.3) is 0 Å². The molecule has 1 aliphatic rings. The number of fused-ring (bicyclic) bond motifs is 3. The molecule has 0 atom stereocenters. The normalized spacial score (nSPS) is 14.2. The lowest BCUT2D eigenvalue weighted by Crippen LogP contribution is -2.30. The number of benzene rings is 1. The number of methoxy groups -OCH3 is 1. The Kier molecular flexibility index (Phi) is 4.25. The molecule has 0 aliphatic heterocycles. The number of anilines is 2. The van der Waals surface area contributed by atoms with Gasteiger partial charge in [-0.3, -0.25) is 0 Å². The van der Waals surface area contributed by atoms with Gasteiger partial charge in [-0.15, -0.1) is 0 Å². The summed E-state index contributed by atoms with van der Waals surface area (Å²) in [6.45, 7) is 4.96. The van der Waals surface area contributed by atoms with Gasteiger partial charge < -0.3 is 15.4 Å². The SMILES string of the molecule is COc1ccc2c(c1N(C)CCC#N)CC(C)(C)c1c(N)ncnc1-2. The molecule has 0 fully saturated rings. The molecule has 1 aromatic carbocycles. The second-order valence-electron chi connectivity index (χ2n) is 7.02. The Bertz CT molecular complexity index is 854. The van der Waals surface area contributed by atoms with Gasteiger partial charge in [-0.25, -0.2) is 9.97 Å². The highest BCUT2D eigenvalue weighted by atomic mass is 16.5. The molecule has 0 saturated carbocycles. The number of rotatable bonds is 4. The zero-order chi connectivity index (χ0) is 18.2. The molecule has 0 amide bonds. The monoisotopic (exact) mass is 337 g/mol. The van der Waals surface area contributed by atoms with E-state index >= 15 is 0 Å². The predicted octanol–water partition coefficient (Wildman–Crippen LogP) is 2.92. The number of hydrogen-bond acceptors (Lipinski definition) is 6. The highest BCUT2D eigenvalue weighted by molar-refractivity contribution is 5.83. The molecule has 1 heterocycles. The van der Waals surface area contributed by atoms with E-state index in [-0.39, 0.29) is 5.41 Å². The summed E-state index contributed by atoms with van der Waals surface area (Å²) in [4.78, 5) is 10.8. The van der Waals surface area contributed by atoms with Crippen molar-refractivity contribution in [2.45, 2.75) is 32.1 Å². The molecule has 25 heavy (non-hydrogen) atoms. The lowest BCUT2D eigenvalue weighted by molar-refractivity contribution is 0.413. The van der Waals surface area contributed by atoms with Crippen molar-refractivity contribution in [1.29, 1.82) is 5.26 Å². The average Bonchev–Trinajstić information content (AvgIpc) is 2.58. The maximum Gasteiger partial charge on any atom is 0.142 e. The van der Waals surface area contributed by atoms with Gasteiger partial charge in [0, 0.05) is 24.7 Å². The number of aromatic nitrogens is 2. The third-order valence-electron chi connectivity index (χ3n) is 4.83. The van der Waals surface area contributed by atoms with Gasteiger partial charge in [0.05, 0.1) is 31.0 Å². The second kappa shape index (κ2) is 6.25. The number of hydrogen-bond donors (Lipinski definition) is 1. The fourth-order valence-electron chi connectivity index (χ4n) is 3.73. The molecule has 6 nitrogen and oxygen atoms in total. The van der Waals surface area contributed by atoms with E-state index in [0.29, 0.717) is 18.8 Å². The minimum Gasteiger partial charge on any atom is -0.495 e. The summed E-state index contributed by atoms with van der Waals surface area (Å²) in [5.41, 5.74) is 11.1. The Morgan fingerprint density at radius 3 is 2.80 bits per heavy atom. The summed E-state index contributed by atoms with van der Waals surface area (Å²) in [6.07, 6.45) is 2.78. The van der Waals surface area contributed by atoms with Crippen LogP contribution in [0.5, 0.6) is 5.75 Å². The molecule has 2 aromatic rings. The summed E-state index contributed by atoms with van der Waals surface area (Å²) >= 11 is 0. The third-order valence-corrected chi connectivity index (χ3v) is 4.83. The van der Waals surface area contributed by atoms with Crippen LogP contribution in [0.1, 0.15) is 31.4 Å². The molecule has 3 rings (SSSR count). The summed E-state index contributed by atoms with van der Waals surface area (Å²) in [6, 6.07) is 6.20. The summed E-state index contributed by atoms with van der Waals surface area (Å²) < 4.78 is 5.61. The fourth-order valence-corrected chi connectivity index (χ4v) is 3.73. The van der Waals surface area contributed by atoms with Crippen LogP contribution in [-0.4, -0.2) is 30.7 Å². The molecule has 0 bridgehead atoms. The fraction of sp³-hybridized carbons (Fsp3) is 0.421. The Labute approximate surface area is 148 Å². The molecular formula is C19H23N5O. The van der Waals surface area contributed by atoms with Gasteiger partial charge in [0.2, 0.25) is 0 Å². The number of ether oxygens (including phenoxy) is 1. The minimum absolute atomic E-state index is 0.190. The summed E-state index contributed by atoms with van der Waals surface area (Å²) in [5, 5.41) is 8.93. The Hall–Kier alpha value is -2.81. The maximum absolute atomic E-state index is 8.93. The van der Waals surface area contributed by atoms with Gasteiger partial charge in [0.1, 0.15) is 17.9 Å². The first-order valence-electron chi connectivity index (χ1n) is 8.30. The van der Waals surface area contributed by atoms with Crippen molar-refractivity contribution in [2.75, 3.05) is 31.3 Å². The van der Waals surface area contributed by atoms with Crippen LogP contribution in [0.3, 0.4) is 0 Å². The topological polar surface area (TPSA) is 88.1 Å². The molecule has 2 N–H and O–H groups in total. The smallest absolute Gasteiger partial charge is 0.142 e. The zero-order valence-electron chi connectivity index (χ0n) is 15.1. The highest BCUT2D eigenvalue weighted by Crippen LogP contribution is 2.49. The van der Waals surface area contributed by atoms with E-state index in [9.17, 15) is 0 Å². The van der Waals surface area contributed by atoms with Crippen molar-refractivity contribution in [1.82, 2.24) is 9.97 Å². The first kappa shape index (κ1) is 17.0. The van der Waals surface area contributed by atoms with Gasteiger partial charge in [-0.1, -0.05) is 13.8 Å². The van der Waals surface area contributed by atoms with E-state index in [1.165, 1.54) is 11.9 Å². The van der Waals surface area contributed by atoms with Crippen LogP contribution in [0.2, 0.25) is 0 Å². The van der Waals surface area contributed by atoms with Crippen molar-refractivity contribution in [2.24, 2.45) is 0 Å². The van der Waals surface area contributed by atoms with Crippen molar-refractivity contribution < 1.29 is 4.74 Å². The first-order valence-corrected chi connectivity index (χ1v) is 8.30. The van der Waals surface area contributed by atoms with E-state index < -0.39 is 0 Å². The zero-order valence-corrected chi connectivity index (χ0v) is 15.1. The molecule has 0 saturated heterocycles. The number of nitriles is 1. The predicted molar refractivity (Wildman–Crippen MR) is 98.7 cm³/mol. The maximum atomic E-state index is 8.93. The standard InChI is InChI=1S/C19H23N5O/c1-19(2)10-13-12(16-15(19)18(21)23-11-22-16)6-7-14(25-4)17(13)24(3)9-5-8-20/h6-7,11H,5,9-10H2,1-4H3,(H2,21,22,23). The second-order valence-corrected chi connectivity index (χ2v) is 7.02. The Balaban J connectivity index is 2.26. The van der Waals surface area contributed by atoms with Crippen LogP contribution in [0.4, 0.5) is 11.5 Å². The van der Waals surface area contributed by atoms with Crippen LogP contribution in [-0.2, 0) is 11.8 Å². The van der Waals surface area contributed by atoms with E-state index in [4.69, 9.17) is 15.7 Å². The van der Waals surface area contributed by atoms with E-state index in [0.717, 1.165) is 34.7 Å². The largest absolute Gasteiger partial charge is 0.495 e. The molecule has 0 radical (unpaired) electrons. The molecule has 0 unspecified atom stereocenters. The number of nitrogens with zero attached hydrogens (tertiary/aromatic N) is 4. The van der Waals surface area contributed by atoms with Crippen molar-refractivity contribution >= 4 is 11.5 Å². The molecule has 6 heteroatoms. The van der Waals surface area contributed by atoms with Crippen molar-refractivity contribution in [3.63, 3.8) is 0 Å². The van der Waals surface area contributed by atoms with Crippen LogP contribution in [0, 0.1) is 11.3 Å². The van der Waals surface area contributed by atoms with E-state index in [1.54, 1.807) is 7.11 Å². The minimum atomic E-state index is -0.190. The number of nitrogen functional groups attached to an aromatic ring is 1. The van der Waals surface area contributed by atoms with Crippen LogP contribution in [0.15, 0.2) is 18.5 Å². The molecule has 0 spiro atoms. The lowest BCUT2D eigenvalue weighted by atomic mass is 9.71. The van der Waals surface area contributed by atoms with Crippen molar-refractivity contribution in [3.8, 4) is 23.1 Å².